The van der Waals surface area contributed by atoms with Gasteiger partial charge < -0.3 is 10.1 Å². The van der Waals surface area contributed by atoms with E-state index in [0.29, 0.717) is 6.54 Å². The number of pyridine rings is 1. The molecule has 4 nitrogen and oxygen atoms in total. The summed E-state index contributed by atoms with van der Waals surface area (Å²) in [6, 6.07) is 14.4. The van der Waals surface area contributed by atoms with Crippen molar-refractivity contribution in [2.75, 3.05) is 13.7 Å². The van der Waals surface area contributed by atoms with E-state index in [9.17, 15) is 4.79 Å². The van der Waals surface area contributed by atoms with Gasteiger partial charge in [-0.3, -0.25) is 9.78 Å². The molecule has 130 valence electrons. The topological polar surface area (TPSA) is 51.2 Å². The van der Waals surface area contributed by atoms with Crippen molar-refractivity contribution in [3.63, 3.8) is 0 Å². The van der Waals surface area contributed by atoms with E-state index in [4.69, 9.17) is 4.74 Å². The summed E-state index contributed by atoms with van der Waals surface area (Å²) in [4.78, 5) is 15.2. The van der Waals surface area contributed by atoms with Crippen LogP contribution in [-0.2, 0) is 11.2 Å². The number of hydrogen-bond donors (Lipinski definition) is 1. The Morgan fingerprint density at radius 1 is 1.08 bits per heavy atom. The number of halogens is 1. The quantitative estimate of drug-likeness (QED) is 0.751. The Labute approximate surface area is 153 Å². The first-order valence-electron chi connectivity index (χ1n) is 7.93. The first-order chi connectivity index (χ1) is 11.7. The molecular weight excluding hydrogens is 336 g/mol. The van der Waals surface area contributed by atoms with Gasteiger partial charge in [0, 0.05) is 25.9 Å². The molecule has 0 saturated heterocycles. The first-order valence-corrected chi connectivity index (χ1v) is 7.93. The van der Waals surface area contributed by atoms with Gasteiger partial charge >= 0.3 is 0 Å². The van der Waals surface area contributed by atoms with Crippen LogP contribution in [0.3, 0.4) is 0 Å². The van der Waals surface area contributed by atoms with Gasteiger partial charge in [0.25, 0.3) is 0 Å². The molecule has 1 heterocycles. The maximum atomic E-state index is 11.1. The Morgan fingerprint density at radius 2 is 1.84 bits per heavy atom. The van der Waals surface area contributed by atoms with Crippen molar-refractivity contribution in [1.82, 2.24) is 10.3 Å². The lowest BCUT2D eigenvalue weighted by atomic mass is 9.95. The van der Waals surface area contributed by atoms with Crippen molar-refractivity contribution < 1.29 is 9.53 Å². The number of amides is 1. The molecule has 0 fully saturated rings. The summed E-state index contributed by atoms with van der Waals surface area (Å²) in [6.07, 6.45) is 4.36. The van der Waals surface area contributed by atoms with Crippen molar-refractivity contribution in [2.24, 2.45) is 0 Å². The van der Waals surface area contributed by atoms with E-state index >= 15 is 0 Å². The van der Waals surface area contributed by atoms with Crippen molar-refractivity contribution in [2.45, 2.75) is 13.3 Å². The Kier molecular flexibility index (Phi) is 6.37. The zero-order valence-corrected chi connectivity index (χ0v) is 15.1. The predicted molar refractivity (Wildman–Crippen MR) is 103 cm³/mol. The SMILES string of the molecule is COc1ccc2cc(-c3ccncc3)cc(CCNC(C)=O)c2c1.Cl. The van der Waals surface area contributed by atoms with Crippen LogP contribution in [0.4, 0.5) is 0 Å². The fourth-order valence-electron chi connectivity index (χ4n) is 2.83. The highest BCUT2D eigenvalue weighted by Crippen LogP contribution is 2.30. The monoisotopic (exact) mass is 356 g/mol. The Bertz CT molecular complexity index is 866. The lowest BCUT2D eigenvalue weighted by Crippen LogP contribution is -2.22. The molecule has 0 atom stereocenters. The number of fused-ring (bicyclic) bond motifs is 1. The molecule has 0 aliphatic carbocycles. The van der Waals surface area contributed by atoms with Gasteiger partial charge in [0.2, 0.25) is 5.91 Å². The number of nitrogens with one attached hydrogen (secondary N) is 1. The van der Waals surface area contributed by atoms with Crippen molar-refractivity contribution in [3.8, 4) is 16.9 Å². The summed E-state index contributed by atoms with van der Waals surface area (Å²) in [5.41, 5.74) is 3.46. The van der Waals surface area contributed by atoms with Crippen LogP contribution in [0, 0.1) is 0 Å². The van der Waals surface area contributed by atoms with Gasteiger partial charge in [0.15, 0.2) is 0 Å². The summed E-state index contributed by atoms with van der Waals surface area (Å²) >= 11 is 0. The standard InChI is InChI=1S/C20H20N2O2.ClH/c1-14(23)22-10-7-17-12-18(15-5-8-21-9-6-15)11-16-3-4-19(24-2)13-20(16)17;/h3-6,8-9,11-13H,7,10H2,1-2H3,(H,22,23);1H. The van der Waals surface area contributed by atoms with Crippen LogP contribution in [0.25, 0.3) is 21.9 Å². The van der Waals surface area contributed by atoms with Crippen LogP contribution in [0.2, 0.25) is 0 Å². The third-order valence-corrected chi connectivity index (χ3v) is 4.03. The molecule has 5 heteroatoms. The van der Waals surface area contributed by atoms with Gasteiger partial charge in [-0.25, -0.2) is 0 Å². The summed E-state index contributed by atoms with van der Waals surface area (Å²) in [7, 11) is 1.67. The molecular formula is C20H21ClN2O2. The van der Waals surface area contributed by atoms with E-state index in [1.54, 1.807) is 19.5 Å². The van der Waals surface area contributed by atoms with Gasteiger partial charge in [-0.1, -0.05) is 12.1 Å². The lowest BCUT2D eigenvalue weighted by Gasteiger charge is -2.12. The minimum Gasteiger partial charge on any atom is -0.497 e. The highest BCUT2D eigenvalue weighted by Gasteiger charge is 2.08. The Morgan fingerprint density at radius 3 is 2.52 bits per heavy atom. The fourth-order valence-corrected chi connectivity index (χ4v) is 2.83. The second-order valence-electron chi connectivity index (χ2n) is 5.69. The van der Waals surface area contributed by atoms with E-state index < -0.39 is 0 Å². The zero-order chi connectivity index (χ0) is 16.9. The fraction of sp³-hybridized carbons (Fsp3) is 0.200. The highest BCUT2D eigenvalue weighted by molar-refractivity contribution is 5.91. The molecule has 0 saturated carbocycles. The van der Waals surface area contributed by atoms with Gasteiger partial charge in [0.05, 0.1) is 7.11 Å². The molecule has 0 bridgehead atoms. The van der Waals surface area contributed by atoms with E-state index in [1.165, 1.54) is 12.5 Å². The predicted octanol–water partition coefficient (Wildman–Crippen LogP) is 4.01. The molecule has 1 aromatic heterocycles. The molecule has 25 heavy (non-hydrogen) atoms. The summed E-state index contributed by atoms with van der Waals surface area (Å²) in [5, 5.41) is 5.17. The molecule has 0 aliphatic rings. The maximum absolute atomic E-state index is 11.1. The van der Waals surface area contributed by atoms with Crippen LogP contribution in [-0.4, -0.2) is 24.5 Å². The second kappa shape index (κ2) is 8.49. The number of carbonyl (C=O) groups excluding carboxylic acids is 1. The highest BCUT2D eigenvalue weighted by atomic mass is 35.5. The number of carbonyl (C=O) groups is 1. The molecule has 1 N–H and O–H groups in total. The summed E-state index contributed by atoms with van der Waals surface area (Å²) in [5.74, 6) is 0.821. The van der Waals surface area contributed by atoms with Gasteiger partial charge in [0.1, 0.15) is 5.75 Å². The van der Waals surface area contributed by atoms with Crippen molar-refractivity contribution in [1.29, 1.82) is 0 Å². The maximum Gasteiger partial charge on any atom is 0.216 e. The largest absolute Gasteiger partial charge is 0.497 e. The number of benzene rings is 2. The Balaban J connectivity index is 0.00000225. The average Bonchev–Trinajstić information content (AvgIpc) is 2.61. The van der Waals surface area contributed by atoms with Crippen LogP contribution >= 0.6 is 12.4 Å². The van der Waals surface area contributed by atoms with E-state index in [-0.39, 0.29) is 18.3 Å². The van der Waals surface area contributed by atoms with E-state index in [0.717, 1.165) is 34.1 Å². The second-order valence-corrected chi connectivity index (χ2v) is 5.69. The summed E-state index contributed by atoms with van der Waals surface area (Å²) in [6.45, 7) is 2.15. The third kappa shape index (κ3) is 4.48. The summed E-state index contributed by atoms with van der Waals surface area (Å²) < 4.78 is 5.36. The molecule has 3 rings (SSSR count). The van der Waals surface area contributed by atoms with Gasteiger partial charge in [-0.05, 0) is 64.2 Å². The third-order valence-electron chi connectivity index (χ3n) is 4.03. The molecule has 1 amide bonds. The number of methoxy groups -OCH3 is 1. The normalized spacial score (nSPS) is 10.2. The molecule has 2 aromatic carbocycles. The average molecular weight is 357 g/mol. The smallest absolute Gasteiger partial charge is 0.216 e. The number of nitrogens with zero attached hydrogens (tertiary/aromatic N) is 1. The first kappa shape index (κ1) is 18.7. The molecule has 3 aromatic rings. The van der Waals surface area contributed by atoms with E-state index in [2.05, 4.69) is 34.6 Å². The van der Waals surface area contributed by atoms with Gasteiger partial charge in [-0.2, -0.15) is 0 Å². The Hall–Kier alpha value is -2.59. The van der Waals surface area contributed by atoms with Crippen LogP contribution in [0.5, 0.6) is 5.75 Å². The minimum absolute atomic E-state index is 0. The van der Waals surface area contributed by atoms with E-state index in [1.807, 2.05) is 18.2 Å². The molecule has 0 aliphatic heterocycles. The lowest BCUT2D eigenvalue weighted by molar-refractivity contribution is -0.118. The number of hydrogen-bond acceptors (Lipinski definition) is 3. The zero-order valence-electron chi connectivity index (χ0n) is 14.3. The van der Waals surface area contributed by atoms with Crippen LogP contribution < -0.4 is 10.1 Å². The molecule has 0 spiro atoms. The number of ether oxygens (including phenoxy) is 1. The van der Waals surface area contributed by atoms with Crippen molar-refractivity contribution >= 4 is 29.1 Å². The number of aromatic nitrogens is 1. The van der Waals surface area contributed by atoms with Crippen LogP contribution in [0.15, 0.2) is 54.9 Å². The van der Waals surface area contributed by atoms with Crippen LogP contribution in [0.1, 0.15) is 12.5 Å². The van der Waals surface area contributed by atoms with Gasteiger partial charge in [-0.15, -0.1) is 12.4 Å². The molecule has 0 unspecified atom stereocenters. The minimum atomic E-state index is -0.0119. The molecule has 0 radical (unpaired) electrons. The number of rotatable bonds is 5. The van der Waals surface area contributed by atoms with Crippen molar-refractivity contribution in [3.05, 3.63) is 60.4 Å².